The first kappa shape index (κ1) is 22.2. The molecular weight excluding hydrogens is 417 g/mol. The van der Waals surface area contributed by atoms with E-state index in [0.717, 1.165) is 23.6 Å². The van der Waals surface area contributed by atoms with E-state index < -0.39 is 11.7 Å². The van der Waals surface area contributed by atoms with Crippen molar-refractivity contribution < 1.29 is 22.8 Å². The lowest BCUT2D eigenvalue weighted by atomic mass is 9.95. The zero-order valence-electron chi connectivity index (χ0n) is 16.7. The summed E-state index contributed by atoms with van der Waals surface area (Å²) in [6, 6.07) is 4.19. The zero-order valence-corrected chi connectivity index (χ0v) is 17.5. The maximum atomic E-state index is 12.7. The summed E-state index contributed by atoms with van der Waals surface area (Å²) in [6.45, 7) is 4.90. The Morgan fingerprint density at radius 1 is 1.17 bits per heavy atom. The van der Waals surface area contributed by atoms with E-state index in [1.807, 2.05) is 0 Å². The second-order valence-electron chi connectivity index (χ2n) is 7.73. The van der Waals surface area contributed by atoms with E-state index in [4.69, 9.17) is 0 Å². The number of carbonyl (C=O) groups is 2. The highest BCUT2D eigenvalue weighted by molar-refractivity contribution is 7.15. The molecule has 2 aromatic rings. The molecule has 2 heterocycles. The number of anilines is 1. The normalized spacial score (nSPS) is 15.5. The van der Waals surface area contributed by atoms with Gasteiger partial charge < -0.3 is 10.2 Å². The molecule has 0 unspecified atom stereocenters. The van der Waals surface area contributed by atoms with Gasteiger partial charge in [-0.2, -0.15) is 13.2 Å². The molecular formula is C20H23F3N4O2S. The lowest BCUT2D eigenvalue weighted by molar-refractivity contribution is -0.137. The van der Waals surface area contributed by atoms with Crippen molar-refractivity contribution in [2.24, 2.45) is 11.8 Å². The molecule has 3 rings (SSSR count). The molecule has 1 aliphatic rings. The summed E-state index contributed by atoms with van der Waals surface area (Å²) in [5, 5.41) is 12.2. The molecule has 6 nitrogen and oxygen atoms in total. The van der Waals surface area contributed by atoms with Crippen LogP contribution in [0.25, 0.3) is 0 Å². The lowest BCUT2D eigenvalue weighted by Gasteiger charge is -2.31. The van der Waals surface area contributed by atoms with Crippen LogP contribution in [0.2, 0.25) is 0 Å². The molecule has 0 saturated carbocycles. The largest absolute Gasteiger partial charge is 0.416 e. The van der Waals surface area contributed by atoms with Gasteiger partial charge in [-0.25, -0.2) is 0 Å². The predicted molar refractivity (Wildman–Crippen MR) is 107 cm³/mol. The smallest absolute Gasteiger partial charge is 0.339 e. The number of hydrogen-bond acceptors (Lipinski definition) is 5. The average Bonchev–Trinajstić information content (AvgIpc) is 3.13. The van der Waals surface area contributed by atoms with Gasteiger partial charge in [-0.05, 0) is 43.0 Å². The first-order valence-electron chi connectivity index (χ1n) is 9.73. The standard InChI is InChI=1S/C20H23F3N4O2S/c1-12(2)11-16-25-26-19(30-16)24-17(28)13-7-9-27(10-8-13)18(29)14-3-5-15(6-4-14)20(21,22)23/h3-6,12-13H,7-11H2,1-2H3,(H,24,26,28). The Morgan fingerprint density at radius 3 is 2.37 bits per heavy atom. The van der Waals surface area contributed by atoms with E-state index >= 15 is 0 Å². The van der Waals surface area contributed by atoms with Crippen LogP contribution in [0.4, 0.5) is 18.3 Å². The first-order valence-corrected chi connectivity index (χ1v) is 10.5. The number of carbonyl (C=O) groups excluding carboxylic acids is 2. The highest BCUT2D eigenvalue weighted by Gasteiger charge is 2.31. The molecule has 1 fully saturated rings. The molecule has 1 aliphatic heterocycles. The van der Waals surface area contributed by atoms with Crippen LogP contribution in [0.15, 0.2) is 24.3 Å². The minimum atomic E-state index is -4.43. The van der Waals surface area contributed by atoms with Crippen molar-refractivity contribution in [1.29, 1.82) is 0 Å². The molecule has 1 aromatic carbocycles. The molecule has 1 N–H and O–H groups in total. The molecule has 0 bridgehead atoms. The van der Waals surface area contributed by atoms with Crippen LogP contribution in [0, 0.1) is 11.8 Å². The molecule has 0 spiro atoms. The fourth-order valence-corrected chi connectivity index (χ4v) is 4.23. The topological polar surface area (TPSA) is 75.2 Å². The van der Waals surface area contributed by atoms with Crippen molar-refractivity contribution in [2.75, 3.05) is 18.4 Å². The SMILES string of the molecule is CC(C)Cc1nnc(NC(=O)C2CCN(C(=O)c3ccc(C(F)(F)F)cc3)CC2)s1. The summed E-state index contributed by atoms with van der Waals surface area (Å²) < 4.78 is 38.0. The highest BCUT2D eigenvalue weighted by atomic mass is 32.1. The van der Waals surface area contributed by atoms with Gasteiger partial charge in [0.15, 0.2) is 0 Å². The molecule has 10 heteroatoms. The van der Waals surface area contributed by atoms with Gasteiger partial charge in [-0.1, -0.05) is 25.2 Å². The van der Waals surface area contributed by atoms with Gasteiger partial charge in [0.25, 0.3) is 5.91 Å². The summed E-state index contributed by atoms with van der Waals surface area (Å²) in [6.07, 6.45) is -2.67. The third kappa shape index (κ3) is 5.56. The van der Waals surface area contributed by atoms with Crippen LogP contribution in [0.1, 0.15) is 47.6 Å². The van der Waals surface area contributed by atoms with Gasteiger partial charge in [0.05, 0.1) is 5.56 Å². The molecule has 0 aliphatic carbocycles. The molecule has 30 heavy (non-hydrogen) atoms. The second-order valence-corrected chi connectivity index (χ2v) is 8.79. The number of nitrogens with one attached hydrogen (secondary N) is 1. The summed E-state index contributed by atoms with van der Waals surface area (Å²) in [7, 11) is 0. The fourth-order valence-electron chi connectivity index (χ4n) is 3.27. The van der Waals surface area contributed by atoms with Gasteiger partial charge >= 0.3 is 6.18 Å². The van der Waals surface area contributed by atoms with Crippen molar-refractivity contribution in [2.45, 2.75) is 39.3 Å². The molecule has 162 valence electrons. The van der Waals surface area contributed by atoms with Gasteiger partial charge in [0.1, 0.15) is 5.01 Å². The number of hydrogen-bond donors (Lipinski definition) is 1. The van der Waals surface area contributed by atoms with Crippen LogP contribution < -0.4 is 5.32 Å². The van der Waals surface area contributed by atoms with Gasteiger partial charge in [0.2, 0.25) is 11.0 Å². The third-order valence-electron chi connectivity index (χ3n) is 4.89. The Hall–Kier alpha value is -2.49. The van der Waals surface area contributed by atoms with E-state index in [1.165, 1.54) is 23.5 Å². The van der Waals surface area contributed by atoms with Crippen LogP contribution in [-0.4, -0.2) is 40.0 Å². The average molecular weight is 440 g/mol. The first-order chi connectivity index (χ1) is 14.1. The van der Waals surface area contributed by atoms with E-state index in [1.54, 1.807) is 4.90 Å². The monoisotopic (exact) mass is 440 g/mol. The summed E-state index contributed by atoms with van der Waals surface area (Å²) in [4.78, 5) is 26.6. The minimum Gasteiger partial charge on any atom is -0.339 e. The Bertz CT molecular complexity index is 888. The molecule has 2 amide bonds. The number of nitrogens with zero attached hydrogens (tertiary/aromatic N) is 3. The number of amides is 2. The van der Waals surface area contributed by atoms with Crippen molar-refractivity contribution in [3.8, 4) is 0 Å². The maximum Gasteiger partial charge on any atom is 0.416 e. The van der Waals surface area contributed by atoms with Crippen molar-refractivity contribution in [3.05, 3.63) is 40.4 Å². The van der Waals surface area contributed by atoms with E-state index in [0.29, 0.717) is 37.0 Å². The van der Waals surface area contributed by atoms with E-state index in [2.05, 4.69) is 29.4 Å². The van der Waals surface area contributed by atoms with Crippen LogP contribution >= 0.6 is 11.3 Å². The van der Waals surface area contributed by atoms with Gasteiger partial charge in [0, 0.05) is 31.0 Å². The molecule has 0 radical (unpaired) electrons. The number of benzene rings is 1. The number of piperidine rings is 1. The van der Waals surface area contributed by atoms with Gasteiger partial charge in [-0.15, -0.1) is 10.2 Å². The zero-order chi connectivity index (χ0) is 21.9. The Balaban J connectivity index is 1.52. The van der Waals surface area contributed by atoms with Crippen LogP contribution in [-0.2, 0) is 17.4 Å². The molecule has 0 atom stereocenters. The number of alkyl halides is 3. The second kappa shape index (κ2) is 9.11. The summed E-state index contributed by atoms with van der Waals surface area (Å²) >= 11 is 1.36. The number of rotatable bonds is 5. The molecule has 1 aromatic heterocycles. The highest BCUT2D eigenvalue weighted by Crippen LogP contribution is 2.29. The number of halogens is 3. The summed E-state index contributed by atoms with van der Waals surface area (Å²) in [5.74, 6) is -0.277. The quantitative estimate of drug-likeness (QED) is 0.754. The van der Waals surface area contributed by atoms with Gasteiger partial charge in [-0.3, -0.25) is 9.59 Å². The predicted octanol–water partition coefficient (Wildman–Crippen LogP) is 4.25. The van der Waals surface area contributed by atoms with Crippen molar-refractivity contribution in [3.63, 3.8) is 0 Å². The third-order valence-corrected chi connectivity index (χ3v) is 5.75. The minimum absolute atomic E-state index is 0.149. The Kier molecular flexibility index (Phi) is 6.74. The lowest BCUT2D eigenvalue weighted by Crippen LogP contribution is -2.41. The summed E-state index contributed by atoms with van der Waals surface area (Å²) in [5.41, 5.74) is -0.583. The van der Waals surface area contributed by atoms with Crippen LogP contribution in [0.5, 0.6) is 0 Å². The van der Waals surface area contributed by atoms with Crippen LogP contribution in [0.3, 0.4) is 0 Å². The molecule has 1 saturated heterocycles. The number of aromatic nitrogens is 2. The maximum absolute atomic E-state index is 12.7. The van der Waals surface area contributed by atoms with Crippen molar-refractivity contribution >= 4 is 28.3 Å². The van der Waals surface area contributed by atoms with Crippen molar-refractivity contribution in [1.82, 2.24) is 15.1 Å². The Labute approximate surface area is 176 Å². The van der Waals surface area contributed by atoms with E-state index in [9.17, 15) is 22.8 Å². The Morgan fingerprint density at radius 2 is 1.80 bits per heavy atom. The van der Waals surface area contributed by atoms with E-state index in [-0.39, 0.29) is 23.3 Å². The number of likely N-dealkylation sites (tertiary alicyclic amines) is 1. The fraction of sp³-hybridized carbons (Fsp3) is 0.500.